The zero-order chi connectivity index (χ0) is 18.2. The molecule has 146 valence electrons. The SMILES string of the molecule is CC(S)CC1CC1CC(C)(C)C1CCC1CC(C)(C)N1CCOCC1. The van der Waals surface area contributed by atoms with Crippen molar-refractivity contribution in [3.05, 3.63) is 0 Å². The van der Waals surface area contributed by atoms with Gasteiger partial charge in [0.05, 0.1) is 13.2 Å². The molecule has 0 amide bonds. The van der Waals surface area contributed by atoms with Crippen molar-refractivity contribution in [1.29, 1.82) is 0 Å². The Bertz CT molecular complexity index is 441. The minimum Gasteiger partial charge on any atom is -0.379 e. The number of thiol groups is 1. The number of ether oxygens (including phenoxy) is 1. The number of hydrogen-bond donors (Lipinski definition) is 1. The fraction of sp³-hybridized carbons (Fsp3) is 1.00. The summed E-state index contributed by atoms with van der Waals surface area (Å²) in [5.74, 6) is 3.81. The molecule has 3 rings (SSSR count). The Morgan fingerprint density at radius 2 is 1.68 bits per heavy atom. The van der Waals surface area contributed by atoms with Gasteiger partial charge in [0.15, 0.2) is 0 Å². The smallest absolute Gasteiger partial charge is 0.0594 e. The van der Waals surface area contributed by atoms with Crippen LogP contribution in [0, 0.1) is 29.1 Å². The highest BCUT2D eigenvalue weighted by Crippen LogP contribution is 2.57. The highest BCUT2D eigenvalue weighted by atomic mass is 32.1. The number of hydrogen-bond acceptors (Lipinski definition) is 3. The largest absolute Gasteiger partial charge is 0.379 e. The Hall–Kier alpha value is 0.270. The molecule has 2 saturated carbocycles. The van der Waals surface area contributed by atoms with Crippen LogP contribution in [0.2, 0.25) is 0 Å². The molecule has 0 bridgehead atoms. The maximum absolute atomic E-state index is 5.56. The molecule has 0 radical (unpaired) electrons. The van der Waals surface area contributed by atoms with Crippen LogP contribution in [0.3, 0.4) is 0 Å². The van der Waals surface area contributed by atoms with E-state index in [0.717, 1.165) is 50.0 Å². The van der Waals surface area contributed by atoms with Crippen molar-refractivity contribution in [3.8, 4) is 0 Å². The van der Waals surface area contributed by atoms with Crippen LogP contribution in [0.25, 0.3) is 0 Å². The minimum atomic E-state index is 0.326. The summed E-state index contributed by atoms with van der Waals surface area (Å²) in [6, 6.07) is 0. The Balaban J connectivity index is 1.51. The molecule has 2 aliphatic carbocycles. The Morgan fingerprint density at radius 1 is 1.00 bits per heavy atom. The molecule has 0 N–H and O–H groups in total. The summed E-state index contributed by atoms with van der Waals surface area (Å²) in [4.78, 5) is 2.67. The molecule has 1 aliphatic heterocycles. The summed E-state index contributed by atoms with van der Waals surface area (Å²) in [6.45, 7) is 16.3. The van der Waals surface area contributed by atoms with Gasteiger partial charge in [0.25, 0.3) is 0 Å². The van der Waals surface area contributed by atoms with Crippen LogP contribution in [0.15, 0.2) is 0 Å². The van der Waals surface area contributed by atoms with E-state index >= 15 is 0 Å². The standard InChI is InChI=1S/C22H41NOS/c1-16(25)12-18-13-19(18)14-21(2,3)20-7-6-17(20)15-22(4,5)23-8-10-24-11-9-23/h16-20,25H,6-15H2,1-5H3. The summed E-state index contributed by atoms with van der Waals surface area (Å²) >= 11 is 4.60. The molecule has 1 heterocycles. The molecule has 0 aromatic carbocycles. The van der Waals surface area contributed by atoms with Gasteiger partial charge >= 0.3 is 0 Å². The molecule has 0 aromatic rings. The average molecular weight is 368 g/mol. The predicted molar refractivity (Wildman–Crippen MR) is 110 cm³/mol. The van der Waals surface area contributed by atoms with E-state index in [2.05, 4.69) is 52.1 Å². The van der Waals surface area contributed by atoms with Gasteiger partial charge in [-0.2, -0.15) is 12.6 Å². The van der Waals surface area contributed by atoms with Gasteiger partial charge in [-0.3, -0.25) is 4.90 Å². The first kappa shape index (κ1) is 20.0. The molecule has 1 saturated heterocycles. The van der Waals surface area contributed by atoms with Gasteiger partial charge in [-0.05, 0) is 86.7 Å². The molecule has 3 fully saturated rings. The third kappa shape index (κ3) is 4.96. The van der Waals surface area contributed by atoms with Gasteiger partial charge in [0, 0.05) is 18.6 Å². The first-order chi connectivity index (χ1) is 11.7. The van der Waals surface area contributed by atoms with Gasteiger partial charge in [0.2, 0.25) is 0 Å². The summed E-state index contributed by atoms with van der Waals surface area (Å²) in [5.41, 5.74) is 0.843. The van der Waals surface area contributed by atoms with E-state index in [1.807, 2.05) is 0 Å². The maximum atomic E-state index is 5.56. The molecule has 3 heteroatoms. The van der Waals surface area contributed by atoms with Gasteiger partial charge < -0.3 is 4.74 Å². The lowest BCUT2D eigenvalue weighted by Crippen LogP contribution is -2.52. The quantitative estimate of drug-likeness (QED) is 0.586. The normalized spacial score (nSPS) is 35.3. The Kier molecular flexibility index (Phi) is 6.18. The molecule has 25 heavy (non-hydrogen) atoms. The summed E-state index contributed by atoms with van der Waals surface area (Å²) in [6.07, 6.45) is 8.49. The first-order valence-corrected chi connectivity index (χ1v) is 11.2. The fourth-order valence-corrected chi connectivity index (χ4v) is 6.17. The molecular weight excluding hydrogens is 326 g/mol. The Morgan fingerprint density at radius 3 is 2.24 bits per heavy atom. The number of morpholine rings is 1. The van der Waals surface area contributed by atoms with Gasteiger partial charge in [-0.25, -0.2) is 0 Å². The van der Waals surface area contributed by atoms with Crippen molar-refractivity contribution in [2.24, 2.45) is 29.1 Å². The van der Waals surface area contributed by atoms with Crippen LogP contribution in [-0.4, -0.2) is 42.0 Å². The third-order valence-corrected chi connectivity index (χ3v) is 7.76. The molecule has 5 atom stereocenters. The maximum Gasteiger partial charge on any atom is 0.0594 e. The second kappa shape index (κ2) is 7.72. The van der Waals surface area contributed by atoms with Crippen molar-refractivity contribution in [1.82, 2.24) is 4.90 Å². The van der Waals surface area contributed by atoms with E-state index in [1.54, 1.807) is 0 Å². The average Bonchev–Trinajstić information content (AvgIpc) is 3.19. The highest BCUT2D eigenvalue weighted by Gasteiger charge is 2.48. The first-order valence-electron chi connectivity index (χ1n) is 10.7. The van der Waals surface area contributed by atoms with Crippen molar-refractivity contribution in [2.75, 3.05) is 26.3 Å². The zero-order valence-corrected chi connectivity index (χ0v) is 18.2. The molecule has 0 aromatic heterocycles. The third-order valence-electron chi connectivity index (χ3n) is 7.55. The second-order valence-corrected chi connectivity index (χ2v) is 11.5. The predicted octanol–water partition coefficient (Wildman–Crippen LogP) is 5.27. The Labute approximate surface area is 161 Å². The van der Waals surface area contributed by atoms with Crippen molar-refractivity contribution in [2.45, 2.75) is 83.9 Å². The van der Waals surface area contributed by atoms with E-state index in [-0.39, 0.29) is 0 Å². The summed E-state index contributed by atoms with van der Waals surface area (Å²) in [5, 5.41) is 0.573. The van der Waals surface area contributed by atoms with E-state index in [1.165, 1.54) is 38.5 Å². The summed E-state index contributed by atoms with van der Waals surface area (Å²) in [7, 11) is 0. The lowest BCUT2D eigenvalue weighted by atomic mass is 9.56. The second-order valence-electron chi connectivity index (χ2n) is 10.6. The van der Waals surface area contributed by atoms with Gasteiger partial charge in [-0.1, -0.05) is 20.8 Å². The van der Waals surface area contributed by atoms with Crippen molar-refractivity contribution >= 4 is 12.6 Å². The summed E-state index contributed by atoms with van der Waals surface area (Å²) < 4.78 is 5.56. The van der Waals surface area contributed by atoms with E-state index < -0.39 is 0 Å². The van der Waals surface area contributed by atoms with Crippen LogP contribution in [0.1, 0.15) is 73.1 Å². The minimum absolute atomic E-state index is 0.326. The van der Waals surface area contributed by atoms with Crippen LogP contribution in [0.4, 0.5) is 0 Å². The van der Waals surface area contributed by atoms with Crippen molar-refractivity contribution in [3.63, 3.8) is 0 Å². The van der Waals surface area contributed by atoms with Gasteiger partial charge in [0.1, 0.15) is 0 Å². The zero-order valence-electron chi connectivity index (χ0n) is 17.3. The number of rotatable bonds is 8. The lowest BCUT2D eigenvalue weighted by molar-refractivity contribution is -0.0461. The van der Waals surface area contributed by atoms with Gasteiger partial charge in [-0.15, -0.1) is 0 Å². The lowest BCUT2D eigenvalue weighted by Gasteiger charge is -2.52. The van der Waals surface area contributed by atoms with Crippen LogP contribution < -0.4 is 0 Å². The van der Waals surface area contributed by atoms with E-state index in [4.69, 9.17) is 4.74 Å². The molecule has 3 aliphatic rings. The number of nitrogens with zero attached hydrogens (tertiary/aromatic N) is 1. The fourth-order valence-electron chi connectivity index (χ4n) is 5.90. The van der Waals surface area contributed by atoms with Crippen LogP contribution in [0.5, 0.6) is 0 Å². The topological polar surface area (TPSA) is 12.5 Å². The highest BCUT2D eigenvalue weighted by molar-refractivity contribution is 7.80. The monoisotopic (exact) mass is 367 g/mol. The van der Waals surface area contributed by atoms with Crippen LogP contribution >= 0.6 is 12.6 Å². The van der Waals surface area contributed by atoms with E-state index in [9.17, 15) is 0 Å². The molecular formula is C22H41NOS. The van der Waals surface area contributed by atoms with E-state index in [0.29, 0.717) is 16.2 Å². The van der Waals surface area contributed by atoms with Crippen LogP contribution in [-0.2, 0) is 4.74 Å². The molecule has 2 nitrogen and oxygen atoms in total. The molecule has 0 spiro atoms. The van der Waals surface area contributed by atoms with Crippen molar-refractivity contribution < 1.29 is 4.74 Å². The molecule has 5 unspecified atom stereocenters.